The standard InChI is InChI=1S/C13H21N4O2/c1-15-4-5-17(13-15)7-9-19-11-10-18-8-6-16-3-2-14-12-16/h2-5,12-13H,6-11H2,1H3/q+1. The Morgan fingerprint density at radius 1 is 1.00 bits per heavy atom. The smallest absolute Gasteiger partial charge is 0.243 e. The maximum Gasteiger partial charge on any atom is 0.243 e. The highest BCUT2D eigenvalue weighted by Crippen LogP contribution is 1.88. The lowest BCUT2D eigenvalue weighted by Gasteiger charge is -2.05. The van der Waals surface area contributed by atoms with Gasteiger partial charge in [-0.25, -0.2) is 14.1 Å². The molecule has 2 aromatic heterocycles. The molecular formula is C13H21N4O2+. The molecule has 0 spiro atoms. The number of hydrogen-bond acceptors (Lipinski definition) is 3. The van der Waals surface area contributed by atoms with E-state index in [-0.39, 0.29) is 0 Å². The molecule has 0 saturated heterocycles. The lowest BCUT2D eigenvalue weighted by molar-refractivity contribution is -0.671. The Balaban J connectivity index is 1.42. The molecule has 2 rings (SSSR count). The van der Waals surface area contributed by atoms with E-state index >= 15 is 0 Å². The molecule has 0 unspecified atom stereocenters. The number of nitrogens with zero attached hydrogens (tertiary/aromatic N) is 4. The molecule has 6 nitrogen and oxygen atoms in total. The number of aromatic nitrogens is 4. The fourth-order valence-electron chi connectivity index (χ4n) is 1.71. The zero-order valence-electron chi connectivity index (χ0n) is 11.3. The van der Waals surface area contributed by atoms with Crippen LogP contribution in [-0.2, 0) is 29.6 Å². The molecule has 0 atom stereocenters. The fraction of sp³-hybridized carbons (Fsp3) is 0.538. The van der Waals surface area contributed by atoms with Gasteiger partial charge in [-0.3, -0.25) is 0 Å². The largest absolute Gasteiger partial charge is 0.377 e. The van der Waals surface area contributed by atoms with Crippen molar-refractivity contribution in [2.75, 3.05) is 26.4 Å². The van der Waals surface area contributed by atoms with Crippen LogP contribution in [0.5, 0.6) is 0 Å². The SMILES string of the molecule is C[n+]1ccn(CCOCCOCCn2ccnc2)c1. The minimum Gasteiger partial charge on any atom is -0.377 e. The maximum absolute atomic E-state index is 5.51. The first-order chi connectivity index (χ1) is 9.34. The Labute approximate surface area is 113 Å². The van der Waals surface area contributed by atoms with Gasteiger partial charge in [-0.05, 0) is 0 Å². The summed E-state index contributed by atoms with van der Waals surface area (Å²) in [5.74, 6) is 0. The van der Waals surface area contributed by atoms with Crippen LogP contribution in [0.4, 0.5) is 0 Å². The number of aryl methyl sites for hydroxylation is 1. The summed E-state index contributed by atoms with van der Waals surface area (Å²) in [7, 11) is 2.01. The molecule has 2 aromatic rings. The minimum absolute atomic E-state index is 0.633. The van der Waals surface area contributed by atoms with E-state index in [1.165, 1.54) is 0 Å². The second-order valence-electron chi connectivity index (χ2n) is 4.34. The van der Waals surface area contributed by atoms with E-state index in [1.54, 1.807) is 12.5 Å². The Kier molecular flexibility index (Phi) is 5.58. The zero-order chi connectivity index (χ0) is 13.3. The van der Waals surface area contributed by atoms with Crippen LogP contribution in [0.15, 0.2) is 37.4 Å². The van der Waals surface area contributed by atoms with E-state index in [0.29, 0.717) is 26.4 Å². The molecule has 104 valence electrons. The van der Waals surface area contributed by atoms with Crippen LogP contribution in [0.2, 0.25) is 0 Å². The van der Waals surface area contributed by atoms with Gasteiger partial charge in [-0.1, -0.05) is 0 Å². The predicted molar refractivity (Wildman–Crippen MR) is 69.5 cm³/mol. The highest BCUT2D eigenvalue weighted by Gasteiger charge is 1.99. The quantitative estimate of drug-likeness (QED) is 0.482. The normalized spacial score (nSPS) is 11.0. The van der Waals surface area contributed by atoms with Gasteiger partial charge in [0.15, 0.2) is 0 Å². The van der Waals surface area contributed by atoms with Crippen molar-refractivity contribution in [2.24, 2.45) is 7.05 Å². The Hall–Kier alpha value is -1.66. The summed E-state index contributed by atoms with van der Waals surface area (Å²) in [6, 6.07) is 0. The third kappa shape index (κ3) is 5.23. The van der Waals surface area contributed by atoms with Gasteiger partial charge in [0.25, 0.3) is 0 Å². The number of ether oxygens (including phenoxy) is 2. The first kappa shape index (κ1) is 13.8. The highest BCUT2D eigenvalue weighted by atomic mass is 16.5. The summed E-state index contributed by atoms with van der Waals surface area (Å²) < 4.78 is 17.1. The third-order valence-electron chi connectivity index (χ3n) is 2.74. The monoisotopic (exact) mass is 265 g/mol. The average molecular weight is 265 g/mol. The maximum atomic E-state index is 5.51. The molecule has 0 aliphatic carbocycles. The summed E-state index contributed by atoms with van der Waals surface area (Å²) in [6.07, 6.45) is 11.6. The predicted octanol–water partition coefficient (Wildman–Crippen LogP) is 0.242. The van der Waals surface area contributed by atoms with Gasteiger partial charge in [0.2, 0.25) is 6.33 Å². The Morgan fingerprint density at radius 3 is 2.32 bits per heavy atom. The van der Waals surface area contributed by atoms with Crippen molar-refractivity contribution < 1.29 is 14.0 Å². The van der Waals surface area contributed by atoms with Crippen LogP contribution in [0.3, 0.4) is 0 Å². The van der Waals surface area contributed by atoms with Crippen LogP contribution in [0.25, 0.3) is 0 Å². The second-order valence-corrected chi connectivity index (χ2v) is 4.34. The van der Waals surface area contributed by atoms with E-state index in [2.05, 4.69) is 9.55 Å². The van der Waals surface area contributed by atoms with Crippen LogP contribution in [0.1, 0.15) is 0 Å². The molecular weight excluding hydrogens is 244 g/mol. The van der Waals surface area contributed by atoms with E-state index in [1.807, 2.05) is 41.1 Å². The van der Waals surface area contributed by atoms with E-state index in [9.17, 15) is 0 Å². The average Bonchev–Trinajstić information content (AvgIpc) is 3.04. The topological polar surface area (TPSA) is 45.1 Å². The Morgan fingerprint density at radius 2 is 1.74 bits per heavy atom. The molecule has 0 N–H and O–H groups in total. The number of rotatable bonds is 9. The second kappa shape index (κ2) is 7.70. The van der Waals surface area contributed by atoms with Gasteiger partial charge in [0.05, 0.1) is 39.8 Å². The molecule has 0 amide bonds. The van der Waals surface area contributed by atoms with Crippen LogP contribution >= 0.6 is 0 Å². The summed E-state index contributed by atoms with van der Waals surface area (Å²) in [6.45, 7) is 4.37. The first-order valence-corrected chi connectivity index (χ1v) is 6.47. The van der Waals surface area contributed by atoms with Gasteiger partial charge < -0.3 is 14.0 Å². The van der Waals surface area contributed by atoms with E-state index in [4.69, 9.17) is 9.47 Å². The molecule has 6 heteroatoms. The zero-order valence-corrected chi connectivity index (χ0v) is 11.3. The number of imidazole rings is 2. The van der Waals surface area contributed by atoms with Crippen molar-refractivity contribution >= 4 is 0 Å². The summed E-state index contributed by atoms with van der Waals surface area (Å²) in [4.78, 5) is 3.97. The minimum atomic E-state index is 0.633. The molecule has 0 aromatic carbocycles. The summed E-state index contributed by atoms with van der Waals surface area (Å²) >= 11 is 0. The number of hydrogen-bond donors (Lipinski definition) is 0. The van der Waals surface area contributed by atoms with Crippen molar-refractivity contribution in [3.8, 4) is 0 Å². The first-order valence-electron chi connectivity index (χ1n) is 6.47. The molecule has 0 aliphatic rings. The van der Waals surface area contributed by atoms with Crippen molar-refractivity contribution in [2.45, 2.75) is 13.1 Å². The molecule has 0 fully saturated rings. The van der Waals surface area contributed by atoms with Crippen molar-refractivity contribution in [1.82, 2.24) is 14.1 Å². The lowest BCUT2D eigenvalue weighted by atomic mass is 10.6. The van der Waals surface area contributed by atoms with E-state index in [0.717, 1.165) is 13.1 Å². The molecule has 2 heterocycles. The van der Waals surface area contributed by atoms with Gasteiger partial charge in [0, 0.05) is 18.9 Å². The van der Waals surface area contributed by atoms with Gasteiger partial charge in [-0.2, -0.15) is 0 Å². The van der Waals surface area contributed by atoms with Crippen LogP contribution in [-0.4, -0.2) is 40.5 Å². The van der Waals surface area contributed by atoms with Gasteiger partial charge in [-0.15, -0.1) is 0 Å². The highest BCUT2D eigenvalue weighted by molar-refractivity contribution is 4.73. The fourth-order valence-corrected chi connectivity index (χ4v) is 1.71. The van der Waals surface area contributed by atoms with Gasteiger partial charge >= 0.3 is 0 Å². The molecule has 0 aliphatic heterocycles. The van der Waals surface area contributed by atoms with Crippen molar-refractivity contribution in [3.63, 3.8) is 0 Å². The summed E-state index contributed by atoms with van der Waals surface area (Å²) in [5, 5.41) is 0. The Bertz CT molecular complexity index is 453. The van der Waals surface area contributed by atoms with Gasteiger partial charge in [0.1, 0.15) is 18.9 Å². The van der Waals surface area contributed by atoms with Crippen molar-refractivity contribution in [3.05, 3.63) is 37.4 Å². The summed E-state index contributed by atoms with van der Waals surface area (Å²) in [5.41, 5.74) is 0. The molecule has 19 heavy (non-hydrogen) atoms. The van der Waals surface area contributed by atoms with Crippen molar-refractivity contribution in [1.29, 1.82) is 0 Å². The third-order valence-corrected chi connectivity index (χ3v) is 2.74. The molecule has 0 bridgehead atoms. The van der Waals surface area contributed by atoms with Crippen LogP contribution < -0.4 is 4.57 Å². The molecule has 0 radical (unpaired) electrons. The molecule has 0 saturated carbocycles. The van der Waals surface area contributed by atoms with E-state index < -0.39 is 0 Å². The lowest BCUT2D eigenvalue weighted by Crippen LogP contribution is -2.24. The van der Waals surface area contributed by atoms with Crippen LogP contribution in [0, 0.1) is 0 Å².